The third-order valence-electron chi connectivity index (χ3n) is 4.57. The summed E-state index contributed by atoms with van der Waals surface area (Å²) in [4.78, 5) is 4.78. The lowest BCUT2D eigenvalue weighted by atomic mass is 10.1. The van der Waals surface area contributed by atoms with E-state index in [9.17, 15) is 8.42 Å². The van der Waals surface area contributed by atoms with Crippen molar-refractivity contribution < 1.29 is 8.42 Å². The molecule has 1 aromatic carbocycles. The monoisotopic (exact) mass is 324 g/mol. The highest BCUT2D eigenvalue weighted by Crippen LogP contribution is 2.15. The molecule has 4 nitrogen and oxygen atoms in total. The second-order valence-corrected chi connectivity index (χ2v) is 8.54. The van der Waals surface area contributed by atoms with Gasteiger partial charge in [0.15, 0.2) is 9.84 Å². The van der Waals surface area contributed by atoms with Crippen LogP contribution in [-0.2, 0) is 15.6 Å². The molecule has 0 N–H and O–H groups in total. The van der Waals surface area contributed by atoms with E-state index in [1.54, 1.807) is 0 Å². The van der Waals surface area contributed by atoms with E-state index in [0.29, 0.717) is 18.6 Å². The van der Waals surface area contributed by atoms with Gasteiger partial charge in [0.2, 0.25) is 0 Å². The predicted octanol–water partition coefficient (Wildman–Crippen LogP) is 2.02. The summed E-state index contributed by atoms with van der Waals surface area (Å²) in [5, 5.41) is 0. The number of sulfone groups is 1. The van der Waals surface area contributed by atoms with Gasteiger partial charge in [-0.1, -0.05) is 37.3 Å². The Bertz CT molecular complexity index is 559. The highest BCUT2D eigenvalue weighted by molar-refractivity contribution is 7.90. The molecule has 0 bridgehead atoms. The van der Waals surface area contributed by atoms with Crippen LogP contribution in [0, 0.1) is 0 Å². The fraction of sp³-hybridized carbons (Fsp3) is 0.647. The van der Waals surface area contributed by atoms with Gasteiger partial charge in [0.25, 0.3) is 0 Å². The standard InChI is InChI=1S/C17H28N2O2S/c1-4-18-12-16(3)19(13-15(18)2)10-11-22(20,21)14-17-8-6-5-7-9-17/h5-9,15-16H,4,10-14H2,1-3H3/t15-,16-/m0/s1. The fourth-order valence-electron chi connectivity index (χ4n) is 3.18. The minimum atomic E-state index is -3.05. The summed E-state index contributed by atoms with van der Waals surface area (Å²) in [6.07, 6.45) is 0. The molecule has 0 radical (unpaired) electrons. The van der Waals surface area contributed by atoms with Crippen LogP contribution in [0.4, 0.5) is 0 Å². The molecule has 0 spiro atoms. The molecule has 0 unspecified atom stereocenters. The summed E-state index contributed by atoms with van der Waals surface area (Å²) < 4.78 is 24.6. The van der Waals surface area contributed by atoms with E-state index in [2.05, 4.69) is 30.6 Å². The summed E-state index contributed by atoms with van der Waals surface area (Å²) in [6, 6.07) is 10.4. The highest BCUT2D eigenvalue weighted by Gasteiger charge is 2.28. The topological polar surface area (TPSA) is 40.6 Å². The molecule has 1 aliphatic heterocycles. The molecule has 1 fully saturated rings. The lowest BCUT2D eigenvalue weighted by molar-refractivity contribution is 0.0505. The van der Waals surface area contributed by atoms with Crippen molar-refractivity contribution in [2.24, 2.45) is 0 Å². The van der Waals surface area contributed by atoms with Crippen LogP contribution in [0.3, 0.4) is 0 Å². The average Bonchev–Trinajstić information content (AvgIpc) is 2.48. The number of benzene rings is 1. The number of rotatable bonds is 6. The zero-order chi connectivity index (χ0) is 16.2. The molecule has 124 valence electrons. The maximum atomic E-state index is 12.3. The van der Waals surface area contributed by atoms with Crippen molar-refractivity contribution in [3.8, 4) is 0 Å². The van der Waals surface area contributed by atoms with Gasteiger partial charge in [-0.3, -0.25) is 9.80 Å². The van der Waals surface area contributed by atoms with Crippen molar-refractivity contribution in [1.82, 2.24) is 9.80 Å². The van der Waals surface area contributed by atoms with Gasteiger partial charge in [-0.2, -0.15) is 0 Å². The Labute approximate surface area is 135 Å². The molecule has 0 aliphatic carbocycles. The molecule has 1 saturated heterocycles. The van der Waals surface area contributed by atoms with E-state index in [-0.39, 0.29) is 11.5 Å². The molecule has 1 heterocycles. The minimum Gasteiger partial charge on any atom is -0.298 e. The van der Waals surface area contributed by atoms with E-state index in [1.807, 2.05) is 30.3 Å². The molecule has 1 aromatic rings. The van der Waals surface area contributed by atoms with Gasteiger partial charge >= 0.3 is 0 Å². The van der Waals surface area contributed by atoms with Crippen LogP contribution in [0.5, 0.6) is 0 Å². The summed E-state index contributed by atoms with van der Waals surface area (Å²) >= 11 is 0. The van der Waals surface area contributed by atoms with Crippen molar-refractivity contribution in [2.75, 3.05) is 31.9 Å². The van der Waals surface area contributed by atoms with Gasteiger partial charge in [0, 0.05) is 31.7 Å². The molecule has 1 aliphatic rings. The molecule has 5 heteroatoms. The number of nitrogens with zero attached hydrogens (tertiary/aromatic N) is 2. The van der Waals surface area contributed by atoms with Gasteiger partial charge in [-0.15, -0.1) is 0 Å². The van der Waals surface area contributed by atoms with Crippen LogP contribution in [-0.4, -0.2) is 62.2 Å². The van der Waals surface area contributed by atoms with Crippen molar-refractivity contribution in [1.29, 1.82) is 0 Å². The third-order valence-corrected chi connectivity index (χ3v) is 6.15. The molecule has 0 saturated carbocycles. The Hall–Kier alpha value is -0.910. The summed E-state index contributed by atoms with van der Waals surface area (Å²) in [5.74, 6) is 0.387. The van der Waals surface area contributed by atoms with Crippen molar-refractivity contribution in [2.45, 2.75) is 38.6 Å². The Morgan fingerprint density at radius 2 is 1.64 bits per heavy atom. The lowest BCUT2D eigenvalue weighted by Gasteiger charge is -2.43. The van der Waals surface area contributed by atoms with Crippen LogP contribution in [0.25, 0.3) is 0 Å². The van der Waals surface area contributed by atoms with Gasteiger partial charge in [0.05, 0.1) is 11.5 Å². The second-order valence-electron chi connectivity index (χ2n) is 6.36. The number of hydrogen-bond acceptors (Lipinski definition) is 4. The van der Waals surface area contributed by atoms with Gasteiger partial charge < -0.3 is 0 Å². The molecular weight excluding hydrogens is 296 g/mol. The van der Waals surface area contributed by atoms with E-state index in [4.69, 9.17) is 0 Å². The van der Waals surface area contributed by atoms with Crippen LogP contribution in [0.1, 0.15) is 26.3 Å². The first kappa shape index (κ1) is 17.4. The number of hydrogen-bond donors (Lipinski definition) is 0. The maximum Gasteiger partial charge on any atom is 0.155 e. The zero-order valence-electron chi connectivity index (χ0n) is 13.9. The molecule has 0 amide bonds. The van der Waals surface area contributed by atoms with Crippen LogP contribution in [0.15, 0.2) is 30.3 Å². The molecule has 22 heavy (non-hydrogen) atoms. The molecule has 2 rings (SSSR count). The summed E-state index contributed by atoms with van der Waals surface area (Å²) in [6.45, 7) is 10.3. The van der Waals surface area contributed by atoms with E-state index in [0.717, 1.165) is 25.2 Å². The van der Waals surface area contributed by atoms with Crippen LogP contribution < -0.4 is 0 Å². The van der Waals surface area contributed by atoms with Crippen molar-refractivity contribution >= 4 is 9.84 Å². The fourth-order valence-corrected chi connectivity index (χ4v) is 4.54. The highest BCUT2D eigenvalue weighted by atomic mass is 32.2. The molecular formula is C17H28N2O2S. The molecule has 0 aromatic heterocycles. The van der Waals surface area contributed by atoms with Gasteiger partial charge in [-0.05, 0) is 26.0 Å². The first-order valence-corrected chi connectivity index (χ1v) is 9.96. The average molecular weight is 324 g/mol. The normalized spacial score (nSPS) is 24.5. The van der Waals surface area contributed by atoms with Gasteiger partial charge in [0.1, 0.15) is 0 Å². The first-order chi connectivity index (χ1) is 10.4. The third kappa shape index (κ3) is 4.80. The zero-order valence-corrected chi connectivity index (χ0v) is 14.7. The first-order valence-electron chi connectivity index (χ1n) is 8.13. The lowest BCUT2D eigenvalue weighted by Crippen LogP contribution is -2.56. The smallest absolute Gasteiger partial charge is 0.155 e. The second kappa shape index (κ2) is 7.57. The maximum absolute atomic E-state index is 12.3. The van der Waals surface area contributed by atoms with Crippen LogP contribution >= 0.6 is 0 Å². The van der Waals surface area contributed by atoms with E-state index < -0.39 is 9.84 Å². The van der Waals surface area contributed by atoms with E-state index in [1.165, 1.54) is 0 Å². The largest absolute Gasteiger partial charge is 0.298 e. The predicted molar refractivity (Wildman–Crippen MR) is 91.7 cm³/mol. The number of piperazine rings is 1. The Balaban J connectivity index is 1.89. The van der Waals surface area contributed by atoms with Crippen molar-refractivity contribution in [3.63, 3.8) is 0 Å². The van der Waals surface area contributed by atoms with Gasteiger partial charge in [-0.25, -0.2) is 8.42 Å². The Morgan fingerprint density at radius 1 is 1.05 bits per heavy atom. The van der Waals surface area contributed by atoms with Crippen LogP contribution in [0.2, 0.25) is 0 Å². The summed E-state index contributed by atoms with van der Waals surface area (Å²) in [7, 11) is -3.05. The number of likely N-dealkylation sites (N-methyl/N-ethyl adjacent to an activating group) is 1. The minimum absolute atomic E-state index is 0.146. The SMILES string of the molecule is CCN1C[C@H](C)N(CCS(=O)(=O)Cc2ccccc2)C[C@@H]1C. The van der Waals surface area contributed by atoms with Crippen molar-refractivity contribution in [3.05, 3.63) is 35.9 Å². The van der Waals surface area contributed by atoms with E-state index >= 15 is 0 Å². The molecule has 2 atom stereocenters. The summed E-state index contributed by atoms with van der Waals surface area (Å²) in [5.41, 5.74) is 0.875. The Morgan fingerprint density at radius 3 is 2.27 bits per heavy atom. The Kier molecular flexibility index (Phi) is 6.01. The quantitative estimate of drug-likeness (QED) is 0.803.